The summed E-state index contributed by atoms with van der Waals surface area (Å²) in [6.45, 7) is 0.599. The fourth-order valence-electron chi connectivity index (χ4n) is 0.792. The molecule has 0 aliphatic carbocycles. The molecule has 0 radical (unpaired) electrons. The molecule has 0 saturated carbocycles. The molecule has 96 valence electrons. The normalized spacial score (nSPS) is 9.53. The Morgan fingerprint density at radius 1 is 0.882 bits per heavy atom. The minimum absolute atomic E-state index is 0.156. The van der Waals surface area contributed by atoms with E-state index in [0.717, 1.165) is 0 Å². The molecule has 7 heteroatoms. The van der Waals surface area contributed by atoms with Crippen LogP contribution < -0.4 is 0 Å². The summed E-state index contributed by atoms with van der Waals surface area (Å²) < 4.78 is 13.2. The largest absolute Gasteiger partial charge is 0.469 e. The molecule has 0 aromatic heterocycles. The molecule has 0 unspecified atom stereocenters. The van der Waals surface area contributed by atoms with Crippen LogP contribution in [0.25, 0.3) is 0 Å². The van der Waals surface area contributed by atoms with Crippen molar-refractivity contribution in [1.82, 2.24) is 0 Å². The highest BCUT2D eigenvalue weighted by Gasteiger charge is 2.13. The lowest BCUT2D eigenvalue weighted by molar-refractivity contribution is -0.164. The third-order valence-corrected chi connectivity index (χ3v) is 1.51. The number of carbonyl (C=O) groups excluding carboxylic acids is 4. The standard InChI is InChI=1S/C10H14O7/c1-7(11)5-16-6-10(14)17-9(13)4-3-8(12)15-2/h3-6H2,1-2H3. The lowest BCUT2D eigenvalue weighted by atomic mass is 10.3. The summed E-state index contributed by atoms with van der Waals surface area (Å²) >= 11 is 0. The van der Waals surface area contributed by atoms with Crippen LogP contribution in [0.3, 0.4) is 0 Å². The van der Waals surface area contributed by atoms with E-state index in [0.29, 0.717) is 0 Å². The zero-order valence-corrected chi connectivity index (χ0v) is 9.69. The van der Waals surface area contributed by atoms with Crippen molar-refractivity contribution in [2.75, 3.05) is 20.3 Å². The van der Waals surface area contributed by atoms with Crippen LogP contribution in [0.15, 0.2) is 0 Å². The van der Waals surface area contributed by atoms with Crippen molar-refractivity contribution in [1.29, 1.82) is 0 Å². The summed E-state index contributed by atoms with van der Waals surface area (Å²) in [6.07, 6.45) is -0.401. The summed E-state index contributed by atoms with van der Waals surface area (Å²) in [6, 6.07) is 0. The van der Waals surface area contributed by atoms with Gasteiger partial charge in [-0.2, -0.15) is 0 Å². The lowest BCUT2D eigenvalue weighted by Crippen LogP contribution is -2.19. The van der Waals surface area contributed by atoms with Crippen molar-refractivity contribution in [3.05, 3.63) is 0 Å². The maximum absolute atomic E-state index is 11.0. The average molecular weight is 246 g/mol. The highest BCUT2D eigenvalue weighted by molar-refractivity contribution is 5.87. The fraction of sp³-hybridized carbons (Fsp3) is 0.600. The minimum atomic E-state index is -0.902. The van der Waals surface area contributed by atoms with Crippen molar-refractivity contribution < 1.29 is 33.4 Å². The molecule has 0 atom stereocenters. The van der Waals surface area contributed by atoms with Gasteiger partial charge in [-0.25, -0.2) is 4.79 Å². The van der Waals surface area contributed by atoms with Gasteiger partial charge in [0.05, 0.1) is 20.0 Å². The van der Waals surface area contributed by atoms with Gasteiger partial charge in [0, 0.05) is 0 Å². The van der Waals surface area contributed by atoms with E-state index in [1.54, 1.807) is 0 Å². The second-order valence-electron chi connectivity index (χ2n) is 3.12. The van der Waals surface area contributed by atoms with Crippen molar-refractivity contribution in [3.63, 3.8) is 0 Å². The highest BCUT2D eigenvalue weighted by atomic mass is 16.6. The Kier molecular flexibility index (Phi) is 7.53. The van der Waals surface area contributed by atoms with Crippen molar-refractivity contribution in [2.45, 2.75) is 19.8 Å². The second-order valence-corrected chi connectivity index (χ2v) is 3.12. The van der Waals surface area contributed by atoms with Crippen LogP contribution in [0.5, 0.6) is 0 Å². The van der Waals surface area contributed by atoms with Crippen LogP contribution in [0.2, 0.25) is 0 Å². The van der Waals surface area contributed by atoms with E-state index in [4.69, 9.17) is 0 Å². The van der Waals surface area contributed by atoms with Crippen molar-refractivity contribution in [3.8, 4) is 0 Å². The van der Waals surface area contributed by atoms with E-state index in [-0.39, 0.29) is 25.2 Å². The number of rotatable bonds is 7. The summed E-state index contributed by atoms with van der Waals surface area (Å²) in [7, 11) is 1.19. The SMILES string of the molecule is COC(=O)CCC(=O)OC(=O)COCC(C)=O. The van der Waals surface area contributed by atoms with Gasteiger partial charge in [-0.3, -0.25) is 14.4 Å². The first kappa shape index (κ1) is 15.2. The first-order valence-electron chi connectivity index (χ1n) is 4.83. The molecule has 0 rings (SSSR count). The molecular formula is C10H14O7. The first-order valence-corrected chi connectivity index (χ1v) is 4.83. The number of hydrogen-bond donors (Lipinski definition) is 0. The predicted octanol–water partition coefficient (Wildman–Crippen LogP) is -0.385. The number of hydrogen-bond acceptors (Lipinski definition) is 7. The first-order chi connectivity index (χ1) is 7.95. The maximum Gasteiger partial charge on any atom is 0.339 e. The molecule has 0 heterocycles. The van der Waals surface area contributed by atoms with Gasteiger partial charge in [0.2, 0.25) is 0 Å². The van der Waals surface area contributed by atoms with Crippen LogP contribution in [0.4, 0.5) is 0 Å². The van der Waals surface area contributed by atoms with Crippen molar-refractivity contribution in [2.24, 2.45) is 0 Å². The smallest absolute Gasteiger partial charge is 0.339 e. The summed E-state index contributed by atoms with van der Waals surface area (Å²) in [4.78, 5) is 43.1. The van der Waals surface area contributed by atoms with Gasteiger partial charge >= 0.3 is 17.9 Å². The molecule has 0 fully saturated rings. The van der Waals surface area contributed by atoms with Gasteiger partial charge in [-0.05, 0) is 6.92 Å². The third-order valence-electron chi connectivity index (χ3n) is 1.51. The van der Waals surface area contributed by atoms with Gasteiger partial charge in [-0.15, -0.1) is 0 Å². The van der Waals surface area contributed by atoms with Gasteiger partial charge in [-0.1, -0.05) is 0 Å². The zero-order valence-electron chi connectivity index (χ0n) is 9.69. The van der Waals surface area contributed by atoms with Crippen LogP contribution in [-0.2, 0) is 33.4 Å². The monoisotopic (exact) mass is 246 g/mol. The number of esters is 3. The number of ketones is 1. The van der Waals surface area contributed by atoms with Crippen LogP contribution in [0, 0.1) is 0 Å². The van der Waals surface area contributed by atoms with Gasteiger partial charge < -0.3 is 14.2 Å². The minimum Gasteiger partial charge on any atom is -0.469 e. The van der Waals surface area contributed by atoms with E-state index >= 15 is 0 Å². The number of carbonyl (C=O) groups is 4. The average Bonchev–Trinajstić information content (AvgIpc) is 2.25. The summed E-state index contributed by atoms with van der Waals surface area (Å²) in [5.74, 6) is -2.55. The highest BCUT2D eigenvalue weighted by Crippen LogP contribution is 1.95. The van der Waals surface area contributed by atoms with Crippen molar-refractivity contribution >= 4 is 23.7 Å². The molecule has 7 nitrogen and oxygen atoms in total. The van der Waals surface area contributed by atoms with E-state index in [9.17, 15) is 19.2 Å². The summed E-state index contributed by atoms with van der Waals surface area (Å²) in [5, 5.41) is 0. The van der Waals surface area contributed by atoms with E-state index in [2.05, 4.69) is 14.2 Å². The van der Waals surface area contributed by atoms with Crippen LogP contribution >= 0.6 is 0 Å². The number of ether oxygens (including phenoxy) is 3. The Hall–Kier alpha value is -1.76. The van der Waals surface area contributed by atoms with Gasteiger partial charge in [0.15, 0.2) is 5.78 Å². The molecule has 0 spiro atoms. The molecule has 0 aromatic rings. The Morgan fingerprint density at radius 2 is 1.47 bits per heavy atom. The van der Waals surface area contributed by atoms with Gasteiger partial charge in [0.1, 0.15) is 13.2 Å². The zero-order chi connectivity index (χ0) is 13.3. The third kappa shape index (κ3) is 9.19. The molecule has 0 bridgehead atoms. The van der Waals surface area contributed by atoms with E-state index in [1.807, 2.05) is 0 Å². The molecular weight excluding hydrogens is 232 g/mol. The van der Waals surface area contributed by atoms with E-state index < -0.39 is 24.5 Å². The molecule has 0 saturated heterocycles. The Balaban J connectivity index is 3.69. The fourth-order valence-corrected chi connectivity index (χ4v) is 0.792. The molecule has 0 aliphatic rings. The Labute approximate surface area is 98.0 Å². The Bertz CT molecular complexity index is 308. The molecule has 17 heavy (non-hydrogen) atoms. The quantitative estimate of drug-likeness (QED) is 0.446. The lowest BCUT2D eigenvalue weighted by Gasteiger charge is -2.02. The summed E-state index contributed by atoms with van der Waals surface area (Å²) in [5.41, 5.74) is 0. The Morgan fingerprint density at radius 3 is 2.00 bits per heavy atom. The van der Waals surface area contributed by atoms with Crippen LogP contribution in [-0.4, -0.2) is 44.0 Å². The predicted molar refractivity (Wildman–Crippen MR) is 53.8 cm³/mol. The van der Waals surface area contributed by atoms with Gasteiger partial charge in [0.25, 0.3) is 0 Å². The molecule has 0 N–H and O–H groups in total. The molecule has 0 amide bonds. The maximum atomic E-state index is 11.0. The van der Waals surface area contributed by atoms with E-state index in [1.165, 1.54) is 14.0 Å². The number of methoxy groups -OCH3 is 1. The molecule has 0 aromatic carbocycles. The second kappa shape index (κ2) is 8.40. The molecule has 0 aliphatic heterocycles. The number of Topliss-reactive ketones (excluding diaryl/α,β-unsaturated/α-hetero) is 1. The van der Waals surface area contributed by atoms with Crippen LogP contribution in [0.1, 0.15) is 19.8 Å². The topological polar surface area (TPSA) is 96.0 Å².